The maximum absolute atomic E-state index is 12.7. The molecule has 0 aliphatic heterocycles. The minimum absolute atomic E-state index is 0.264. The van der Waals surface area contributed by atoms with E-state index in [-0.39, 0.29) is 5.91 Å². The Balaban J connectivity index is 1.86. The molecule has 1 N–H and O–H groups in total. The molecule has 3 aromatic rings. The quantitative estimate of drug-likeness (QED) is 0.687. The zero-order chi connectivity index (χ0) is 20.4. The normalized spacial score (nSPS) is 10.8. The standard InChI is InChI=1S/C22H25NO5/c1-12-7-8-16-14(3)20(28-19(16)13(12)2)22(24)23-11-15-9-17(25-4)21(27-6)18(10-15)26-5/h7-10H,11H2,1-6H3,(H,23,24). The van der Waals surface area contributed by atoms with Crippen molar-refractivity contribution in [3.63, 3.8) is 0 Å². The molecule has 2 aromatic carbocycles. The summed E-state index contributed by atoms with van der Waals surface area (Å²) in [5, 5.41) is 3.87. The Bertz CT molecular complexity index is 1010. The van der Waals surface area contributed by atoms with Gasteiger partial charge in [-0.1, -0.05) is 12.1 Å². The monoisotopic (exact) mass is 383 g/mol. The van der Waals surface area contributed by atoms with Gasteiger partial charge in [0.05, 0.1) is 21.3 Å². The highest BCUT2D eigenvalue weighted by Crippen LogP contribution is 2.38. The van der Waals surface area contributed by atoms with Gasteiger partial charge in [-0.3, -0.25) is 4.79 Å². The number of fused-ring (bicyclic) bond motifs is 1. The lowest BCUT2D eigenvalue weighted by Gasteiger charge is -2.14. The summed E-state index contributed by atoms with van der Waals surface area (Å²) < 4.78 is 21.9. The number of benzene rings is 2. The second-order valence-corrected chi connectivity index (χ2v) is 6.66. The van der Waals surface area contributed by atoms with Crippen molar-refractivity contribution in [3.05, 3.63) is 52.3 Å². The summed E-state index contributed by atoms with van der Waals surface area (Å²) in [5.41, 5.74) is 4.59. The molecule has 0 unspecified atom stereocenters. The van der Waals surface area contributed by atoms with Gasteiger partial charge in [-0.2, -0.15) is 0 Å². The highest BCUT2D eigenvalue weighted by atomic mass is 16.5. The number of aryl methyl sites for hydroxylation is 3. The van der Waals surface area contributed by atoms with Gasteiger partial charge in [0.25, 0.3) is 5.91 Å². The second-order valence-electron chi connectivity index (χ2n) is 6.66. The number of furan rings is 1. The Morgan fingerprint density at radius 3 is 2.18 bits per heavy atom. The van der Waals surface area contributed by atoms with Gasteiger partial charge in [0.15, 0.2) is 17.3 Å². The number of rotatable bonds is 6. The lowest BCUT2D eigenvalue weighted by atomic mass is 10.0. The Labute approximate surface area is 164 Å². The predicted molar refractivity (Wildman–Crippen MR) is 108 cm³/mol. The zero-order valence-electron chi connectivity index (χ0n) is 17.1. The fourth-order valence-corrected chi connectivity index (χ4v) is 3.23. The van der Waals surface area contributed by atoms with Crippen LogP contribution in [0.15, 0.2) is 28.7 Å². The van der Waals surface area contributed by atoms with Crippen LogP contribution < -0.4 is 19.5 Å². The Morgan fingerprint density at radius 2 is 1.61 bits per heavy atom. The molecule has 6 heteroatoms. The zero-order valence-corrected chi connectivity index (χ0v) is 17.1. The molecule has 1 heterocycles. The summed E-state index contributed by atoms with van der Waals surface area (Å²) in [6, 6.07) is 7.64. The van der Waals surface area contributed by atoms with E-state index in [1.807, 2.05) is 32.9 Å². The number of carbonyl (C=O) groups is 1. The highest BCUT2D eigenvalue weighted by molar-refractivity contribution is 5.99. The minimum atomic E-state index is -0.264. The summed E-state index contributed by atoms with van der Waals surface area (Å²) >= 11 is 0. The van der Waals surface area contributed by atoms with Gasteiger partial charge < -0.3 is 23.9 Å². The molecule has 0 spiro atoms. The topological polar surface area (TPSA) is 69.9 Å². The maximum atomic E-state index is 12.7. The SMILES string of the molecule is COc1cc(CNC(=O)c2oc3c(C)c(C)ccc3c2C)cc(OC)c1OC. The molecular weight excluding hydrogens is 358 g/mol. The average Bonchev–Trinajstić information content (AvgIpc) is 3.05. The van der Waals surface area contributed by atoms with E-state index in [0.29, 0.717) is 29.6 Å². The van der Waals surface area contributed by atoms with E-state index in [1.165, 1.54) is 0 Å². The molecule has 0 bridgehead atoms. The van der Waals surface area contributed by atoms with Gasteiger partial charge in [0.2, 0.25) is 5.75 Å². The molecule has 3 rings (SSSR count). The number of methoxy groups -OCH3 is 3. The van der Waals surface area contributed by atoms with Crippen LogP contribution in [0.2, 0.25) is 0 Å². The number of carbonyl (C=O) groups excluding carboxylic acids is 1. The van der Waals surface area contributed by atoms with Crippen LogP contribution in [0.1, 0.15) is 32.8 Å². The van der Waals surface area contributed by atoms with Crippen LogP contribution in [-0.2, 0) is 6.54 Å². The van der Waals surface area contributed by atoms with Crippen LogP contribution in [-0.4, -0.2) is 27.2 Å². The first-order valence-corrected chi connectivity index (χ1v) is 8.97. The lowest BCUT2D eigenvalue weighted by Crippen LogP contribution is -2.23. The second kappa shape index (κ2) is 7.84. The first-order valence-electron chi connectivity index (χ1n) is 8.97. The Kier molecular flexibility index (Phi) is 5.49. The number of hydrogen-bond donors (Lipinski definition) is 1. The first-order chi connectivity index (χ1) is 13.4. The van der Waals surface area contributed by atoms with Crippen molar-refractivity contribution in [1.29, 1.82) is 0 Å². The third-order valence-electron chi connectivity index (χ3n) is 5.01. The molecule has 0 fully saturated rings. The van der Waals surface area contributed by atoms with Gasteiger partial charge in [-0.15, -0.1) is 0 Å². The molecule has 6 nitrogen and oxygen atoms in total. The molecule has 28 heavy (non-hydrogen) atoms. The van der Waals surface area contributed by atoms with E-state index < -0.39 is 0 Å². The van der Waals surface area contributed by atoms with Crippen molar-refractivity contribution in [2.45, 2.75) is 27.3 Å². The third-order valence-corrected chi connectivity index (χ3v) is 5.01. The number of nitrogens with one attached hydrogen (secondary N) is 1. The van der Waals surface area contributed by atoms with Crippen LogP contribution in [0.3, 0.4) is 0 Å². The van der Waals surface area contributed by atoms with Gasteiger partial charge in [-0.25, -0.2) is 0 Å². The minimum Gasteiger partial charge on any atom is -0.493 e. The van der Waals surface area contributed by atoms with Crippen LogP contribution in [0.5, 0.6) is 17.2 Å². The lowest BCUT2D eigenvalue weighted by molar-refractivity contribution is 0.0924. The van der Waals surface area contributed by atoms with Crippen LogP contribution in [0.25, 0.3) is 11.0 Å². The summed E-state index contributed by atoms with van der Waals surface area (Å²) in [7, 11) is 4.67. The fourth-order valence-electron chi connectivity index (χ4n) is 3.23. The van der Waals surface area contributed by atoms with Gasteiger partial charge in [0, 0.05) is 17.5 Å². The number of ether oxygens (including phenoxy) is 3. The molecule has 1 aromatic heterocycles. The van der Waals surface area contributed by atoms with Crippen LogP contribution >= 0.6 is 0 Å². The van der Waals surface area contributed by atoms with Crippen molar-refractivity contribution >= 4 is 16.9 Å². The summed E-state index contributed by atoms with van der Waals surface area (Å²) in [4.78, 5) is 12.7. The first kappa shape index (κ1) is 19.6. The van der Waals surface area contributed by atoms with Crippen LogP contribution in [0.4, 0.5) is 0 Å². The maximum Gasteiger partial charge on any atom is 0.287 e. The van der Waals surface area contributed by atoms with Gasteiger partial charge >= 0.3 is 0 Å². The molecule has 1 amide bonds. The average molecular weight is 383 g/mol. The molecule has 0 aliphatic rings. The van der Waals surface area contributed by atoms with Crippen molar-refractivity contribution < 1.29 is 23.4 Å². The van der Waals surface area contributed by atoms with E-state index in [9.17, 15) is 4.79 Å². The van der Waals surface area contributed by atoms with Gasteiger partial charge in [0.1, 0.15) is 5.58 Å². The van der Waals surface area contributed by atoms with Crippen molar-refractivity contribution in [3.8, 4) is 17.2 Å². The summed E-state index contributed by atoms with van der Waals surface area (Å²) in [6.45, 7) is 6.22. The fraction of sp³-hybridized carbons (Fsp3) is 0.318. The third kappa shape index (κ3) is 3.38. The van der Waals surface area contributed by atoms with Crippen molar-refractivity contribution in [1.82, 2.24) is 5.32 Å². The summed E-state index contributed by atoms with van der Waals surface area (Å²) in [5.74, 6) is 1.66. The van der Waals surface area contributed by atoms with E-state index in [1.54, 1.807) is 33.5 Å². The molecule has 148 valence electrons. The predicted octanol–water partition coefficient (Wildman–Crippen LogP) is 4.31. The molecule has 0 saturated heterocycles. The smallest absolute Gasteiger partial charge is 0.287 e. The molecule has 0 saturated carbocycles. The largest absolute Gasteiger partial charge is 0.493 e. The van der Waals surface area contributed by atoms with E-state index in [4.69, 9.17) is 18.6 Å². The number of hydrogen-bond acceptors (Lipinski definition) is 5. The summed E-state index contributed by atoms with van der Waals surface area (Å²) in [6.07, 6.45) is 0. The molecular formula is C22H25NO5. The number of amides is 1. The highest BCUT2D eigenvalue weighted by Gasteiger charge is 2.20. The van der Waals surface area contributed by atoms with E-state index in [0.717, 1.165) is 33.2 Å². The Hall–Kier alpha value is -3.15. The van der Waals surface area contributed by atoms with E-state index >= 15 is 0 Å². The molecule has 0 aliphatic carbocycles. The van der Waals surface area contributed by atoms with Crippen LogP contribution in [0, 0.1) is 20.8 Å². The molecule has 0 radical (unpaired) electrons. The Morgan fingerprint density at radius 1 is 0.964 bits per heavy atom. The van der Waals surface area contributed by atoms with Crippen molar-refractivity contribution in [2.75, 3.05) is 21.3 Å². The molecule has 0 atom stereocenters. The van der Waals surface area contributed by atoms with Gasteiger partial charge in [-0.05, 0) is 49.6 Å². The van der Waals surface area contributed by atoms with E-state index in [2.05, 4.69) is 5.32 Å². The van der Waals surface area contributed by atoms with Crippen molar-refractivity contribution in [2.24, 2.45) is 0 Å².